The maximum absolute atomic E-state index is 11.0. The number of aliphatic hydroxyl groups is 2. The van der Waals surface area contributed by atoms with E-state index in [1.54, 1.807) is 6.07 Å². The molecule has 1 aromatic carbocycles. The Morgan fingerprint density at radius 3 is 2.00 bits per heavy atom. The van der Waals surface area contributed by atoms with Gasteiger partial charge in [-0.1, -0.05) is 77.0 Å². The van der Waals surface area contributed by atoms with Crippen LogP contribution in [0.15, 0.2) is 16.8 Å². The van der Waals surface area contributed by atoms with Gasteiger partial charge in [0.1, 0.15) is 0 Å². The largest absolute Gasteiger partial charge is 0.395 e. The van der Waals surface area contributed by atoms with Crippen LogP contribution in [0.25, 0.3) is 11.0 Å². The lowest BCUT2D eigenvalue weighted by atomic mass is 10.0. The molecule has 1 aromatic heterocycles. The summed E-state index contributed by atoms with van der Waals surface area (Å²) in [4.78, 5) is 10.6. The highest BCUT2D eigenvalue weighted by atomic mass is 16.6. The van der Waals surface area contributed by atoms with Gasteiger partial charge in [0.15, 0.2) is 5.52 Å². The van der Waals surface area contributed by atoms with Crippen LogP contribution in [0.5, 0.6) is 0 Å². The minimum absolute atomic E-state index is 0.0987. The molecule has 0 aliphatic heterocycles. The molecule has 192 valence electrons. The third kappa shape index (κ3) is 9.90. The minimum atomic E-state index is -0.584. The number of nitrogens with one attached hydrogen (secondary N) is 1. The Morgan fingerprint density at radius 1 is 0.912 bits per heavy atom. The number of rotatable bonds is 20. The van der Waals surface area contributed by atoms with Gasteiger partial charge in [0, 0.05) is 12.6 Å². The summed E-state index contributed by atoms with van der Waals surface area (Å²) in [5.41, 5.74) is 6.79. The van der Waals surface area contributed by atoms with Gasteiger partial charge in [-0.25, -0.2) is 4.63 Å². The van der Waals surface area contributed by atoms with Gasteiger partial charge in [-0.3, -0.25) is 10.1 Å². The highest BCUT2D eigenvalue weighted by molar-refractivity contribution is 5.93. The number of unbranched alkanes of at least 4 members (excludes halogenated alkanes) is 12. The van der Waals surface area contributed by atoms with Crippen molar-refractivity contribution in [3.63, 3.8) is 0 Å². The Morgan fingerprint density at radius 2 is 1.44 bits per heavy atom. The summed E-state index contributed by atoms with van der Waals surface area (Å²) in [6.45, 7) is 0.626. The molecule has 0 bridgehead atoms. The van der Waals surface area contributed by atoms with E-state index in [1.165, 1.54) is 63.9 Å². The molecular formula is C24H41N5O5. The molecule has 0 radical (unpaired) electrons. The number of non-ortho nitro benzene ring substituents is 1. The van der Waals surface area contributed by atoms with Crippen molar-refractivity contribution < 1.29 is 19.8 Å². The first kappa shape index (κ1) is 27.9. The Balaban J connectivity index is 1.39. The van der Waals surface area contributed by atoms with Gasteiger partial charge in [0.05, 0.1) is 29.4 Å². The molecule has 0 spiro atoms. The van der Waals surface area contributed by atoms with Crippen molar-refractivity contribution in [2.75, 3.05) is 18.5 Å². The van der Waals surface area contributed by atoms with E-state index in [1.807, 2.05) is 0 Å². The first-order valence-electron chi connectivity index (χ1n) is 12.7. The predicted octanol–water partition coefficient (Wildman–Crippen LogP) is 4.68. The van der Waals surface area contributed by atoms with Crippen molar-refractivity contribution in [3.05, 3.63) is 22.2 Å². The van der Waals surface area contributed by atoms with Crippen LogP contribution in [-0.4, -0.2) is 50.7 Å². The maximum Gasteiger partial charge on any atom is 0.300 e. The number of nitrogens with zero attached hydrogens (tertiary/aromatic N) is 3. The van der Waals surface area contributed by atoms with E-state index >= 15 is 0 Å². The SMILES string of the molecule is NC(CO)C(O)CCCCCCCCCCCCCCCNc1ccc([N+](=O)[O-])c2nonc12. The standard InChI is InChI=1S/C24H41N5O5/c25-19(18-30)22(31)14-12-10-8-6-4-2-1-3-5-7-9-11-13-17-26-20-15-16-21(29(32)33)24-23(20)27-34-28-24/h15-16,19,22,26,30-31H,1-14,17-18,25H2. The number of anilines is 1. The van der Waals surface area contributed by atoms with Crippen molar-refractivity contribution in [1.29, 1.82) is 0 Å². The van der Waals surface area contributed by atoms with Crippen LogP contribution in [0.2, 0.25) is 0 Å². The second kappa shape index (κ2) is 16.3. The number of fused-ring (bicyclic) bond motifs is 1. The summed E-state index contributed by atoms with van der Waals surface area (Å²) < 4.78 is 4.68. The average Bonchev–Trinajstić information content (AvgIpc) is 3.33. The second-order valence-corrected chi connectivity index (χ2v) is 9.08. The number of hydrogen-bond acceptors (Lipinski definition) is 9. The Kier molecular flexibility index (Phi) is 13.4. The molecule has 2 atom stereocenters. The van der Waals surface area contributed by atoms with Crippen molar-refractivity contribution >= 4 is 22.4 Å². The fraction of sp³-hybridized carbons (Fsp3) is 0.750. The molecule has 0 aliphatic carbocycles. The van der Waals surface area contributed by atoms with E-state index in [0.29, 0.717) is 17.6 Å². The zero-order chi connectivity index (χ0) is 24.6. The molecule has 1 heterocycles. The van der Waals surface area contributed by atoms with Gasteiger partial charge in [-0.05, 0) is 29.2 Å². The number of benzene rings is 1. The van der Waals surface area contributed by atoms with Crippen molar-refractivity contribution in [1.82, 2.24) is 10.3 Å². The fourth-order valence-corrected chi connectivity index (χ4v) is 4.13. The van der Waals surface area contributed by atoms with Crippen molar-refractivity contribution in [2.24, 2.45) is 5.73 Å². The highest BCUT2D eigenvalue weighted by Crippen LogP contribution is 2.28. The molecule has 2 aromatic rings. The molecule has 5 N–H and O–H groups in total. The number of aliphatic hydroxyl groups excluding tert-OH is 2. The van der Waals surface area contributed by atoms with Gasteiger partial charge in [0.2, 0.25) is 5.52 Å². The van der Waals surface area contributed by atoms with E-state index in [2.05, 4.69) is 20.3 Å². The monoisotopic (exact) mass is 479 g/mol. The van der Waals surface area contributed by atoms with Gasteiger partial charge in [0.25, 0.3) is 0 Å². The maximum atomic E-state index is 11.0. The summed E-state index contributed by atoms with van der Waals surface area (Å²) in [5.74, 6) is 0. The lowest BCUT2D eigenvalue weighted by Gasteiger charge is -2.15. The second-order valence-electron chi connectivity index (χ2n) is 9.08. The molecule has 0 saturated carbocycles. The number of nitro benzene ring substituents is 1. The van der Waals surface area contributed by atoms with Gasteiger partial charge in [-0.15, -0.1) is 0 Å². The molecule has 2 unspecified atom stereocenters. The first-order chi connectivity index (χ1) is 16.5. The van der Waals surface area contributed by atoms with Gasteiger partial charge >= 0.3 is 5.69 Å². The van der Waals surface area contributed by atoms with Crippen LogP contribution in [0.4, 0.5) is 11.4 Å². The lowest BCUT2D eigenvalue weighted by Crippen LogP contribution is -2.37. The number of nitrogens with two attached hydrogens (primary N) is 1. The predicted molar refractivity (Wildman–Crippen MR) is 133 cm³/mol. The summed E-state index contributed by atoms with van der Waals surface area (Å²) in [5, 5.41) is 40.4. The normalized spacial score (nSPS) is 13.3. The molecule has 10 nitrogen and oxygen atoms in total. The van der Waals surface area contributed by atoms with Crippen molar-refractivity contribution in [2.45, 2.75) is 102 Å². The lowest BCUT2D eigenvalue weighted by molar-refractivity contribution is -0.383. The molecule has 0 amide bonds. The zero-order valence-corrected chi connectivity index (χ0v) is 20.2. The molecule has 10 heteroatoms. The third-order valence-electron chi connectivity index (χ3n) is 6.29. The average molecular weight is 480 g/mol. The first-order valence-corrected chi connectivity index (χ1v) is 12.7. The van der Waals surface area contributed by atoms with E-state index in [9.17, 15) is 15.2 Å². The number of aromatic nitrogens is 2. The van der Waals surface area contributed by atoms with E-state index < -0.39 is 17.1 Å². The summed E-state index contributed by atoms with van der Waals surface area (Å²) in [7, 11) is 0. The summed E-state index contributed by atoms with van der Waals surface area (Å²) in [6.07, 6.45) is 15.7. The summed E-state index contributed by atoms with van der Waals surface area (Å²) in [6, 6.07) is 2.57. The molecule has 0 aliphatic rings. The molecule has 2 rings (SSSR count). The molecule has 0 fully saturated rings. The van der Waals surface area contributed by atoms with Gasteiger partial charge < -0.3 is 21.3 Å². The van der Waals surface area contributed by atoms with Gasteiger partial charge in [-0.2, -0.15) is 0 Å². The number of hydrogen-bond donors (Lipinski definition) is 4. The molecule has 0 saturated heterocycles. The van der Waals surface area contributed by atoms with Crippen LogP contribution in [0, 0.1) is 10.1 Å². The van der Waals surface area contributed by atoms with Crippen LogP contribution in [0.1, 0.15) is 89.9 Å². The van der Waals surface area contributed by atoms with Crippen LogP contribution < -0.4 is 11.1 Å². The van der Waals surface area contributed by atoms with E-state index in [0.717, 1.165) is 32.2 Å². The number of nitro groups is 1. The quantitative estimate of drug-likeness (QED) is 0.120. The van der Waals surface area contributed by atoms with Crippen molar-refractivity contribution in [3.8, 4) is 0 Å². The topological polar surface area (TPSA) is 161 Å². The Bertz CT molecular complexity index is 831. The van der Waals surface area contributed by atoms with E-state index in [4.69, 9.17) is 10.8 Å². The van der Waals surface area contributed by atoms with E-state index in [-0.39, 0.29) is 17.8 Å². The van der Waals surface area contributed by atoms with Crippen LogP contribution in [0.3, 0.4) is 0 Å². The van der Waals surface area contributed by atoms with Crippen LogP contribution >= 0.6 is 0 Å². The zero-order valence-electron chi connectivity index (χ0n) is 20.2. The Labute approximate surface area is 201 Å². The Hall–Kier alpha value is -2.30. The third-order valence-corrected chi connectivity index (χ3v) is 6.29. The fourth-order valence-electron chi connectivity index (χ4n) is 4.13. The molecular weight excluding hydrogens is 438 g/mol. The smallest absolute Gasteiger partial charge is 0.300 e. The summed E-state index contributed by atoms with van der Waals surface area (Å²) >= 11 is 0. The van der Waals surface area contributed by atoms with Crippen LogP contribution in [-0.2, 0) is 0 Å². The highest BCUT2D eigenvalue weighted by Gasteiger charge is 2.19. The molecule has 34 heavy (non-hydrogen) atoms. The minimum Gasteiger partial charge on any atom is -0.395 e.